The summed E-state index contributed by atoms with van der Waals surface area (Å²) in [6, 6.07) is 10.6. The average Bonchev–Trinajstić information content (AvgIpc) is 2.26. The van der Waals surface area contributed by atoms with Crippen LogP contribution in [0.4, 0.5) is 0 Å². The van der Waals surface area contributed by atoms with Gasteiger partial charge in [0.2, 0.25) is 0 Å². The third-order valence-corrected chi connectivity index (χ3v) is 2.77. The van der Waals surface area contributed by atoms with E-state index in [4.69, 9.17) is 4.74 Å². The number of hydrogen-bond donors (Lipinski definition) is 0. The smallest absolute Gasteiger partial charge is 0.0574 e. The fraction of sp³-hybridized carbons (Fsp3) is 0.538. The van der Waals surface area contributed by atoms with Crippen LogP contribution in [-0.2, 0) is 4.74 Å². The molecule has 0 amide bonds. The molecule has 1 unspecified atom stereocenters. The van der Waals surface area contributed by atoms with Crippen molar-refractivity contribution in [3.8, 4) is 0 Å². The van der Waals surface area contributed by atoms with Crippen molar-refractivity contribution >= 4 is 0 Å². The lowest BCUT2D eigenvalue weighted by atomic mass is 9.94. The highest BCUT2D eigenvalue weighted by atomic mass is 16.5. The molecule has 0 aliphatic heterocycles. The van der Waals surface area contributed by atoms with Gasteiger partial charge in [0, 0.05) is 7.11 Å². The molecule has 1 nitrogen and oxygen atoms in total. The number of rotatable bonds is 5. The van der Waals surface area contributed by atoms with Gasteiger partial charge in [0.05, 0.1) is 6.10 Å². The molecular formula is C13H20O. The first kappa shape index (κ1) is 11.3. The topological polar surface area (TPSA) is 9.23 Å². The van der Waals surface area contributed by atoms with E-state index in [0.29, 0.717) is 12.0 Å². The van der Waals surface area contributed by atoms with Gasteiger partial charge in [-0.3, -0.25) is 0 Å². The Labute approximate surface area is 87.1 Å². The monoisotopic (exact) mass is 192 g/mol. The average molecular weight is 192 g/mol. The highest BCUT2D eigenvalue weighted by Gasteiger charge is 2.11. The Morgan fingerprint density at radius 2 is 1.86 bits per heavy atom. The third kappa shape index (κ3) is 3.15. The van der Waals surface area contributed by atoms with E-state index in [2.05, 4.69) is 44.2 Å². The summed E-state index contributed by atoms with van der Waals surface area (Å²) in [6.45, 7) is 4.43. The van der Waals surface area contributed by atoms with Crippen LogP contribution in [0.1, 0.15) is 38.2 Å². The lowest BCUT2D eigenvalue weighted by Crippen LogP contribution is -2.12. The Hall–Kier alpha value is -0.820. The molecule has 0 aromatic heterocycles. The molecule has 0 spiro atoms. The second kappa shape index (κ2) is 5.82. The Morgan fingerprint density at radius 3 is 2.36 bits per heavy atom. The minimum Gasteiger partial charge on any atom is -0.381 e. The maximum atomic E-state index is 5.39. The lowest BCUT2D eigenvalue weighted by molar-refractivity contribution is 0.0871. The van der Waals surface area contributed by atoms with Crippen molar-refractivity contribution in [2.45, 2.75) is 38.7 Å². The van der Waals surface area contributed by atoms with Gasteiger partial charge in [-0.05, 0) is 24.3 Å². The Kier molecular flexibility index (Phi) is 4.68. The van der Waals surface area contributed by atoms with Crippen molar-refractivity contribution in [1.29, 1.82) is 0 Å². The summed E-state index contributed by atoms with van der Waals surface area (Å²) in [5.74, 6) is 0.584. The van der Waals surface area contributed by atoms with Crippen LogP contribution in [0.3, 0.4) is 0 Å². The first-order valence-electron chi connectivity index (χ1n) is 5.35. The van der Waals surface area contributed by atoms with Crippen molar-refractivity contribution in [1.82, 2.24) is 0 Å². The number of benzene rings is 1. The number of ether oxygens (including phenoxy) is 1. The van der Waals surface area contributed by atoms with Crippen LogP contribution in [0.25, 0.3) is 0 Å². The lowest BCUT2D eigenvalue weighted by Gasteiger charge is -2.18. The SMILES string of the molecule is CC[C@@H](CC(C)c1ccccc1)OC. The first-order chi connectivity index (χ1) is 6.77. The summed E-state index contributed by atoms with van der Waals surface area (Å²) in [4.78, 5) is 0. The van der Waals surface area contributed by atoms with Crippen molar-refractivity contribution in [3.63, 3.8) is 0 Å². The van der Waals surface area contributed by atoms with Gasteiger partial charge in [-0.15, -0.1) is 0 Å². The van der Waals surface area contributed by atoms with E-state index in [0.717, 1.165) is 12.8 Å². The summed E-state index contributed by atoms with van der Waals surface area (Å²) in [5, 5.41) is 0. The van der Waals surface area contributed by atoms with Gasteiger partial charge in [-0.2, -0.15) is 0 Å². The van der Waals surface area contributed by atoms with Gasteiger partial charge in [0.1, 0.15) is 0 Å². The van der Waals surface area contributed by atoms with E-state index in [9.17, 15) is 0 Å². The summed E-state index contributed by atoms with van der Waals surface area (Å²) in [5.41, 5.74) is 1.41. The molecule has 2 atom stereocenters. The fourth-order valence-electron chi connectivity index (χ4n) is 1.74. The number of methoxy groups -OCH3 is 1. The van der Waals surface area contributed by atoms with E-state index in [1.54, 1.807) is 7.11 Å². The molecule has 0 aliphatic rings. The molecule has 1 rings (SSSR count). The van der Waals surface area contributed by atoms with Crippen LogP contribution in [0.5, 0.6) is 0 Å². The van der Waals surface area contributed by atoms with Crippen LogP contribution < -0.4 is 0 Å². The molecule has 0 heterocycles. The summed E-state index contributed by atoms with van der Waals surface area (Å²) >= 11 is 0. The molecule has 0 aliphatic carbocycles. The summed E-state index contributed by atoms with van der Waals surface area (Å²) < 4.78 is 5.39. The molecular weight excluding hydrogens is 172 g/mol. The molecule has 0 saturated carbocycles. The molecule has 78 valence electrons. The fourth-order valence-corrected chi connectivity index (χ4v) is 1.74. The van der Waals surface area contributed by atoms with Gasteiger partial charge < -0.3 is 4.74 Å². The van der Waals surface area contributed by atoms with Crippen LogP contribution >= 0.6 is 0 Å². The maximum Gasteiger partial charge on any atom is 0.0574 e. The first-order valence-corrected chi connectivity index (χ1v) is 5.35. The van der Waals surface area contributed by atoms with Crippen LogP contribution in [0, 0.1) is 0 Å². The van der Waals surface area contributed by atoms with Crippen LogP contribution in [-0.4, -0.2) is 13.2 Å². The molecule has 1 heteroatoms. The van der Waals surface area contributed by atoms with E-state index in [-0.39, 0.29) is 0 Å². The molecule has 14 heavy (non-hydrogen) atoms. The van der Waals surface area contributed by atoms with E-state index < -0.39 is 0 Å². The molecule has 0 saturated heterocycles. The van der Waals surface area contributed by atoms with Gasteiger partial charge in [0.15, 0.2) is 0 Å². The molecule has 1 aromatic carbocycles. The molecule has 0 N–H and O–H groups in total. The van der Waals surface area contributed by atoms with Gasteiger partial charge in [-0.1, -0.05) is 44.2 Å². The molecule has 0 bridgehead atoms. The van der Waals surface area contributed by atoms with Crippen LogP contribution in [0.15, 0.2) is 30.3 Å². The highest BCUT2D eigenvalue weighted by molar-refractivity contribution is 5.18. The Morgan fingerprint density at radius 1 is 1.21 bits per heavy atom. The van der Waals surface area contributed by atoms with Gasteiger partial charge >= 0.3 is 0 Å². The standard InChI is InChI=1S/C13H20O/c1-4-13(14-3)10-11(2)12-8-6-5-7-9-12/h5-9,11,13H,4,10H2,1-3H3/t11?,13-/m0/s1. The Balaban J connectivity index is 2.54. The zero-order chi connectivity index (χ0) is 10.4. The maximum absolute atomic E-state index is 5.39. The van der Waals surface area contributed by atoms with Crippen molar-refractivity contribution in [3.05, 3.63) is 35.9 Å². The van der Waals surface area contributed by atoms with E-state index in [1.807, 2.05) is 0 Å². The molecule has 1 aromatic rings. The summed E-state index contributed by atoms with van der Waals surface area (Å²) in [7, 11) is 1.80. The van der Waals surface area contributed by atoms with Crippen molar-refractivity contribution < 1.29 is 4.74 Å². The highest BCUT2D eigenvalue weighted by Crippen LogP contribution is 2.22. The second-order valence-corrected chi connectivity index (χ2v) is 3.81. The zero-order valence-electron chi connectivity index (χ0n) is 9.36. The minimum atomic E-state index is 0.394. The van der Waals surface area contributed by atoms with Gasteiger partial charge in [0.25, 0.3) is 0 Å². The molecule has 0 radical (unpaired) electrons. The second-order valence-electron chi connectivity index (χ2n) is 3.81. The van der Waals surface area contributed by atoms with Crippen LogP contribution in [0.2, 0.25) is 0 Å². The van der Waals surface area contributed by atoms with E-state index >= 15 is 0 Å². The minimum absolute atomic E-state index is 0.394. The predicted molar refractivity (Wildman–Crippen MR) is 60.6 cm³/mol. The zero-order valence-corrected chi connectivity index (χ0v) is 9.36. The van der Waals surface area contributed by atoms with Crippen molar-refractivity contribution in [2.75, 3.05) is 7.11 Å². The number of hydrogen-bond acceptors (Lipinski definition) is 1. The quantitative estimate of drug-likeness (QED) is 0.692. The van der Waals surface area contributed by atoms with E-state index in [1.165, 1.54) is 5.56 Å². The summed E-state index contributed by atoms with van der Waals surface area (Å²) in [6.07, 6.45) is 2.59. The van der Waals surface area contributed by atoms with Gasteiger partial charge in [-0.25, -0.2) is 0 Å². The Bertz CT molecular complexity index is 239. The third-order valence-electron chi connectivity index (χ3n) is 2.77. The normalized spacial score (nSPS) is 15.1. The predicted octanol–water partition coefficient (Wildman–Crippen LogP) is 3.61. The molecule has 0 fully saturated rings. The van der Waals surface area contributed by atoms with Crippen molar-refractivity contribution in [2.24, 2.45) is 0 Å². The largest absolute Gasteiger partial charge is 0.381 e.